The van der Waals surface area contributed by atoms with Crippen molar-refractivity contribution in [3.05, 3.63) is 72.3 Å². The Bertz CT molecular complexity index is 813. The Morgan fingerprint density at radius 1 is 1.13 bits per heavy atom. The fraction of sp³-hybridized carbons (Fsp3) is 0.118. The largest absolute Gasteiger partial charge is 0.458 e. The summed E-state index contributed by atoms with van der Waals surface area (Å²) in [5.74, 6) is -0.534. The summed E-state index contributed by atoms with van der Waals surface area (Å²) in [7, 11) is -3.70. The molecule has 0 spiro atoms. The Morgan fingerprint density at radius 2 is 1.83 bits per heavy atom. The van der Waals surface area contributed by atoms with E-state index in [1.165, 1.54) is 18.2 Å². The molecule has 0 aliphatic rings. The van der Waals surface area contributed by atoms with Crippen molar-refractivity contribution >= 4 is 21.7 Å². The maximum Gasteiger partial charge on any atom is 0.338 e. The van der Waals surface area contributed by atoms with E-state index in [1.54, 1.807) is 43.3 Å². The number of hydrogen-bond acceptors (Lipinski definition) is 4. The second-order valence-electron chi connectivity index (χ2n) is 5.03. The Hall–Kier alpha value is -2.60. The maximum absolute atomic E-state index is 12.3. The van der Waals surface area contributed by atoms with Crippen LogP contribution in [0.3, 0.4) is 0 Å². The summed E-state index contributed by atoms with van der Waals surface area (Å²) in [4.78, 5) is 12.0. The fourth-order valence-electron chi connectivity index (χ4n) is 1.80. The van der Waals surface area contributed by atoms with Crippen LogP contribution in [-0.2, 0) is 14.8 Å². The number of hydrogen-bond donors (Lipinski definition) is 1. The molecule has 0 unspecified atom stereocenters. The molecule has 2 aromatic rings. The van der Waals surface area contributed by atoms with Gasteiger partial charge in [0, 0.05) is 5.69 Å². The summed E-state index contributed by atoms with van der Waals surface area (Å²) in [5, 5.41) is 0. The van der Waals surface area contributed by atoms with Crippen molar-refractivity contribution in [1.82, 2.24) is 0 Å². The van der Waals surface area contributed by atoms with Gasteiger partial charge >= 0.3 is 5.97 Å². The zero-order chi connectivity index (χ0) is 16.9. The molecule has 0 amide bonds. The van der Waals surface area contributed by atoms with E-state index in [4.69, 9.17) is 4.74 Å². The highest BCUT2D eigenvalue weighted by atomic mass is 32.2. The van der Waals surface area contributed by atoms with E-state index in [-0.39, 0.29) is 17.1 Å². The van der Waals surface area contributed by atoms with Crippen LogP contribution in [0, 0.1) is 0 Å². The number of carbonyl (C=O) groups excluding carboxylic acids is 1. The first kappa shape index (κ1) is 16.8. The number of ether oxygens (including phenoxy) is 1. The number of esters is 1. The van der Waals surface area contributed by atoms with E-state index in [1.807, 2.05) is 0 Å². The molecular weight excluding hydrogens is 314 g/mol. The van der Waals surface area contributed by atoms with Gasteiger partial charge in [0.15, 0.2) is 0 Å². The van der Waals surface area contributed by atoms with Gasteiger partial charge in [-0.2, -0.15) is 0 Å². The summed E-state index contributed by atoms with van der Waals surface area (Å²) in [6.45, 7) is 5.52. The quantitative estimate of drug-likeness (QED) is 0.651. The van der Waals surface area contributed by atoms with E-state index in [9.17, 15) is 13.2 Å². The summed E-state index contributed by atoms with van der Waals surface area (Å²) in [6, 6.07) is 14.1. The molecule has 6 heteroatoms. The molecule has 0 saturated heterocycles. The van der Waals surface area contributed by atoms with Gasteiger partial charge in [-0.3, -0.25) is 4.72 Å². The minimum Gasteiger partial charge on any atom is -0.458 e. The lowest BCUT2D eigenvalue weighted by atomic mass is 10.2. The lowest BCUT2D eigenvalue weighted by molar-refractivity contribution is 0.0540. The number of nitrogens with one attached hydrogen (secondary N) is 1. The standard InChI is InChI=1S/C17H17NO4S/c1-13(2)12-22-17(19)14-7-6-8-15(11-14)18-23(20,21)16-9-4-3-5-10-16/h3-11,18H,1,12H2,2H3. The first-order chi connectivity index (χ1) is 10.9. The first-order valence-electron chi connectivity index (χ1n) is 6.88. The highest BCUT2D eigenvalue weighted by Crippen LogP contribution is 2.17. The molecule has 2 rings (SSSR count). The molecule has 0 aliphatic carbocycles. The summed E-state index contributed by atoms with van der Waals surface area (Å²) < 4.78 is 32.0. The van der Waals surface area contributed by atoms with Crippen molar-refractivity contribution in [2.75, 3.05) is 11.3 Å². The molecule has 0 aromatic heterocycles. The number of carbonyl (C=O) groups is 1. The molecule has 2 aromatic carbocycles. The van der Waals surface area contributed by atoms with Crippen molar-refractivity contribution in [3.63, 3.8) is 0 Å². The van der Waals surface area contributed by atoms with Crippen LogP contribution in [0.25, 0.3) is 0 Å². The van der Waals surface area contributed by atoms with Crippen LogP contribution >= 0.6 is 0 Å². The van der Waals surface area contributed by atoms with Crippen LogP contribution in [0.15, 0.2) is 71.6 Å². The number of sulfonamides is 1. The van der Waals surface area contributed by atoms with E-state index in [0.717, 1.165) is 5.57 Å². The number of rotatable bonds is 6. The van der Waals surface area contributed by atoms with E-state index < -0.39 is 16.0 Å². The predicted molar refractivity (Wildman–Crippen MR) is 88.8 cm³/mol. The van der Waals surface area contributed by atoms with Crippen LogP contribution in [0.5, 0.6) is 0 Å². The van der Waals surface area contributed by atoms with Gasteiger partial charge in [-0.15, -0.1) is 0 Å². The Balaban J connectivity index is 2.17. The lowest BCUT2D eigenvalue weighted by Gasteiger charge is -2.09. The zero-order valence-electron chi connectivity index (χ0n) is 12.7. The Labute approximate surface area is 135 Å². The van der Waals surface area contributed by atoms with Crippen LogP contribution in [0.2, 0.25) is 0 Å². The Kier molecular flexibility index (Phi) is 5.18. The van der Waals surface area contributed by atoms with Gasteiger partial charge in [0.05, 0.1) is 10.5 Å². The van der Waals surface area contributed by atoms with Crippen molar-refractivity contribution in [1.29, 1.82) is 0 Å². The SMILES string of the molecule is C=C(C)COC(=O)c1cccc(NS(=O)(=O)c2ccccc2)c1. The minimum atomic E-state index is -3.70. The van der Waals surface area contributed by atoms with Crippen molar-refractivity contribution in [2.45, 2.75) is 11.8 Å². The monoisotopic (exact) mass is 331 g/mol. The third kappa shape index (κ3) is 4.69. The van der Waals surface area contributed by atoms with Gasteiger partial charge < -0.3 is 4.74 Å². The predicted octanol–water partition coefficient (Wildman–Crippen LogP) is 3.22. The fourth-order valence-corrected chi connectivity index (χ4v) is 2.87. The van der Waals surface area contributed by atoms with Gasteiger partial charge in [0.25, 0.3) is 10.0 Å². The molecule has 23 heavy (non-hydrogen) atoms. The molecule has 5 nitrogen and oxygen atoms in total. The van der Waals surface area contributed by atoms with Crippen LogP contribution in [0.4, 0.5) is 5.69 Å². The third-order valence-electron chi connectivity index (χ3n) is 2.85. The highest BCUT2D eigenvalue weighted by molar-refractivity contribution is 7.92. The molecule has 0 fully saturated rings. The topological polar surface area (TPSA) is 72.5 Å². The van der Waals surface area contributed by atoms with Crippen molar-refractivity contribution in [3.8, 4) is 0 Å². The first-order valence-corrected chi connectivity index (χ1v) is 8.36. The van der Waals surface area contributed by atoms with Gasteiger partial charge in [-0.25, -0.2) is 13.2 Å². The van der Waals surface area contributed by atoms with E-state index in [0.29, 0.717) is 5.69 Å². The second kappa shape index (κ2) is 7.11. The Morgan fingerprint density at radius 3 is 2.48 bits per heavy atom. The molecule has 0 saturated carbocycles. The molecule has 120 valence electrons. The maximum atomic E-state index is 12.3. The van der Waals surface area contributed by atoms with Gasteiger partial charge in [-0.1, -0.05) is 30.8 Å². The average Bonchev–Trinajstić information content (AvgIpc) is 2.53. The second-order valence-corrected chi connectivity index (χ2v) is 6.71. The highest BCUT2D eigenvalue weighted by Gasteiger charge is 2.15. The molecule has 1 N–H and O–H groups in total. The summed E-state index contributed by atoms with van der Waals surface area (Å²) >= 11 is 0. The number of benzene rings is 2. The average molecular weight is 331 g/mol. The smallest absolute Gasteiger partial charge is 0.338 e. The van der Waals surface area contributed by atoms with Crippen molar-refractivity contribution < 1.29 is 17.9 Å². The molecule has 0 radical (unpaired) electrons. The van der Waals surface area contributed by atoms with E-state index in [2.05, 4.69) is 11.3 Å². The van der Waals surface area contributed by atoms with Crippen LogP contribution in [0.1, 0.15) is 17.3 Å². The third-order valence-corrected chi connectivity index (χ3v) is 4.25. The zero-order valence-corrected chi connectivity index (χ0v) is 13.5. The molecule has 0 atom stereocenters. The van der Waals surface area contributed by atoms with Gasteiger partial charge in [0.1, 0.15) is 6.61 Å². The van der Waals surface area contributed by atoms with Crippen molar-refractivity contribution in [2.24, 2.45) is 0 Å². The van der Waals surface area contributed by atoms with Gasteiger partial charge in [-0.05, 0) is 42.8 Å². The van der Waals surface area contributed by atoms with Crippen LogP contribution < -0.4 is 4.72 Å². The van der Waals surface area contributed by atoms with Gasteiger partial charge in [0.2, 0.25) is 0 Å². The minimum absolute atomic E-state index is 0.124. The van der Waals surface area contributed by atoms with Crippen LogP contribution in [-0.4, -0.2) is 21.0 Å². The summed E-state index contributed by atoms with van der Waals surface area (Å²) in [5.41, 5.74) is 1.28. The molecule has 0 heterocycles. The molecule has 0 aliphatic heterocycles. The normalized spacial score (nSPS) is 10.8. The lowest BCUT2D eigenvalue weighted by Crippen LogP contribution is -2.13. The molecular formula is C17H17NO4S. The van der Waals surface area contributed by atoms with E-state index >= 15 is 0 Å². The number of anilines is 1. The summed E-state index contributed by atoms with van der Waals surface area (Å²) in [6.07, 6.45) is 0. The molecule has 0 bridgehead atoms.